The number of rotatable bonds is 2. The van der Waals surface area contributed by atoms with Crippen molar-refractivity contribution in [2.24, 2.45) is 5.41 Å². The van der Waals surface area contributed by atoms with E-state index in [-0.39, 0.29) is 33.0 Å². The number of aromatic nitrogens is 2. The summed E-state index contributed by atoms with van der Waals surface area (Å²) in [5.74, 6) is 0.189. The molecule has 1 aliphatic heterocycles. The maximum Gasteiger partial charge on any atom is 0.257 e. The Hall–Kier alpha value is -2.87. The van der Waals surface area contributed by atoms with Crippen LogP contribution < -0.4 is 15.6 Å². The Bertz CT molecular complexity index is 1140. The van der Waals surface area contributed by atoms with Crippen LogP contribution in [0.3, 0.4) is 0 Å². The second kappa shape index (κ2) is 6.34. The fourth-order valence-corrected chi connectivity index (χ4v) is 4.35. The first-order chi connectivity index (χ1) is 13.2. The molecular formula is C20H21N3O4S. The molecule has 1 aromatic carbocycles. The molecule has 1 atom stereocenters. The topological polar surface area (TPSA) is 107 Å². The van der Waals surface area contributed by atoms with Gasteiger partial charge in [0.05, 0.1) is 12.7 Å². The third-order valence-electron chi connectivity index (χ3n) is 5.29. The van der Waals surface area contributed by atoms with Gasteiger partial charge in [0.1, 0.15) is 5.82 Å². The molecule has 2 aliphatic rings. The van der Waals surface area contributed by atoms with E-state index in [0.717, 1.165) is 5.70 Å². The average Bonchev–Trinajstić information content (AvgIpc) is 2.59. The predicted octanol–water partition coefficient (Wildman–Crippen LogP) is 3.35. The Balaban J connectivity index is 2.01. The number of methoxy groups -OCH3 is 1. The number of ketones is 1. The molecule has 0 fully saturated rings. The van der Waals surface area contributed by atoms with Gasteiger partial charge >= 0.3 is 0 Å². The van der Waals surface area contributed by atoms with E-state index < -0.39 is 5.92 Å². The summed E-state index contributed by atoms with van der Waals surface area (Å²) in [5.41, 5.74) is 1.92. The highest BCUT2D eigenvalue weighted by Gasteiger charge is 2.42. The third-order valence-corrected chi connectivity index (χ3v) is 5.49. The van der Waals surface area contributed by atoms with Gasteiger partial charge in [0.25, 0.3) is 5.56 Å². The second-order valence-corrected chi connectivity index (χ2v) is 8.43. The largest absolute Gasteiger partial charge is 0.504 e. The SMILES string of the molecule is COc1cc([C@@H]2C3=C(CC(C)(C)CC3=O)Nc3[nH]c(=S)[nH]c(=O)c32)ccc1O. The van der Waals surface area contributed by atoms with Crippen molar-refractivity contribution in [2.75, 3.05) is 12.4 Å². The lowest BCUT2D eigenvalue weighted by Gasteiger charge is -2.38. The predicted molar refractivity (Wildman–Crippen MR) is 107 cm³/mol. The van der Waals surface area contributed by atoms with Gasteiger partial charge in [-0.25, -0.2) is 0 Å². The first kappa shape index (κ1) is 18.5. The number of benzene rings is 1. The van der Waals surface area contributed by atoms with Crippen molar-refractivity contribution in [3.05, 3.63) is 55.7 Å². The molecule has 0 amide bonds. The van der Waals surface area contributed by atoms with Gasteiger partial charge in [-0.3, -0.25) is 14.6 Å². The number of aromatic hydroxyl groups is 1. The van der Waals surface area contributed by atoms with Crippen LogP contribution in [-0.4, -0.2) is 28.0 Å². The lowest BCUT2D eigenvalue weighted by atomic mass is 9.69. The van der Waals surface area contributed by atoms with E-state index in [9.17, 15) is 14.7 Å². The first-order valence-electron chi connectivity index (χ1n) is 8.97. The minimum Gasteiger partial charge on any atom is -0.504 e. The standard InChI is InChI=1S/C20H21N3O4S/c1-20(2)7-10-15(12(25)8-20)14(9-4-5-11(24)13(6-9)27-3)16-17(21-10)22-19(28)23-18(16)26/h4-6,14,24H,7-8H2,1-3H3,(H3,21,22,23,26,28)/t14-/m1/s1. The summed E-state index contributed by atoms with van der Waals surface area (Å²) in [4.78, 5) is 31.5. The summed E-state index contributed by atoms with van der Waals surface area (Å²) in [5, 5.41) is 13.2. The van der Waals surface area contributed by atoms with Gasteiger partial charge in [-0.15, -0.1) is 0 Å². The lowest BCUT2D eigenvalue weighted by Crippen LogP contribution is -2.36. The molecule has 4 N–H and O–H groups in total. The van der Waals surface area contributed by atoms with Gasteiger partial charge in [-0.1, -0.05) is 19.9 Å². The molecule has 2 aromatic rings. The molecule has 1 aromatic heterocycles. The van der Waals surface area contributed by atoms with Crippen molar-refractivity contribution in [3.8, 4) is 11.5 Å². The molecular weight excluding hydrogens is 378 g/mol. The first-order valence-corrected chi connectivity index (χ1v) is 9.37. The van der Waals surface area contributed by atoms with E-state index >= 15 is 0 Å². The van der Waals surface area contributed by atoms with Crippen molar-refractivity contribution in [1.82, 2.24) is 9.97 Å². The number of Topliss-reactive ketones (excluding diaryl/α,β-unsaturated/α-hetero) is 1. The molecule has 0 bridgehead atoms. The smallest absolute Gasteiger partial charge is 0.257 e. The maximum atomic E-state index is 13.1. The van der Waals surface area contributed by atoms with E-state index in [2.05, 4.69) is 15.3 Å². The fraction of sp³-hybridized carbons (Fsp3) is 0.350. The zero-order valence-electron chi connectivity index (χ0n) is 15.8. The number of allylic oxidation sites excluding steroid dienone is 2. The Morgan fingerprint density at radius 3 is 2.68 bits per heavy atom. The van der Waals surface area contributed by atoms with Crippen LogP contribution >= 0.6 is 12.2 Å². The van der Waals surface area contributed by atoms with Gasteiger partial charge < -0.3 is 20.1 Å². The van der Waals surface area contributed by atoms with Crippen molar-refractivity contribution in [2.45, 2.75) is 32.6 Å². The van der Waals surface area contributed by atoms with Crippen LogP contribution in [0.2, 0.25) is 0 Å². The molecule has 0 saturated carbocycles. The molecule has 0 spiro atoms. The van der Waals surface area contributed by atoms with Crippen LogP contribution in [0.15, 0.2) is 34.3 Å². The summed E-state index contributed by atoms with van der Waals surface area (Å²) in [6, 6.07) is 4.87. The van der Waals surface area contributed by atoms with Crippen molar-refractivity contribution in [3.63, 3.8) is 0 Å². The van der Waals surface area contributed by atoms with Gasteiger partial charge in [0, 0.05) is 23.6 Å². The third kappa shape index (κ3) is 2.93. The lowest BCUT2D eigenvalue weighted by molar-refractivity contribution is -0.118. The van der Waals surface area contributed by atoms with Crippen LogP contribution in [0, 0.1) is 10.2 Å². The number of aromatic amines is 2. The number of phenols is 1. The number of anilines is 1. The van der Waals surface area contributed by atoms with Crippen LogP contribution in [0.5, 0.6) is 11.5 Å². The van der Waals surface area contributed by atoms with Crippen LogP contribution in [0.4, 0.5) is 5.82 Å². The molecule has 7 nitrogen and oxygen atoms in total. The number of hydrogen-bond acceptors (Lipinski definition) is 6. The van der Waals surface area contributed by atoms with Crippen LogP contribution in [0.25, 0.3) is 0 Å². The summed E-state index contributed by atoms with van der Waals surface area (Å²) in [6.45, 7) is 4.09. The Labute approximate surface area is 166 Å². The minimum absolute atomic E-state index is 0.00305. The highest BCUT2D eigenvalue weighted by atomic mass is 32.1. The van der Waals surface area contributed by atoms with E-state index in [1.165, 1.54) is 13.2 Å². The van der Waals surface area contributed by atoms with Gasteiger partial charge in [-0.05, 0) is 41.7 Å². The Morgan fingerprint density at radius 2 is 1.96 bits per heavy atom. The number of phenolic OH excluding ortho intramolecular Hbond substituents is 1. The van der Waals surface area contributed by atoms with E-state index in [4.69, 9.17) is 17.0 Å². The molecule has 0 radical (unpaired) electrons. The highest BCUT2D eigenvalue weighted by molar-refractivity contribution is 7.71. The molecule has 8 heteroatoms. The second-order valence-electron chi connectivity index (χ2n) is 8.02. The molecule has 1 aliphatic carbocycles. The number of carbonyl (C=O) groups is 1. The van der Waals surface area contributed by atoms with Crippen LogP contribution in [0.1, 0.15) is 43.7 Å². The number of ether oxygens (including phenoxy) is 1. The minimum atomic E-state index is -0.583. The number of carbonyl (C=O) groups excluding carboxylic acids is 1. The van der Waals surface area contributed by atoms with E-state index in [1.807, 2.05) is 13.8 Å². The number of nitrogens with one attached hydrogen (secondary N) is 3. The quantitative estimate of drug-likeness (QED) is 0.577. The normalized spacial score (nSPS) is 20.2. The summed E-state index contributed by atoms with van der Waals surface area (Å²) < 4.78 is 5.44. The summed E-state index contributed by atoms with van der Waals surface area (Å²) >= 11 is 5.12. The molecule has 0 saturated heterocycles. The molecule has 28 heavy (non-hydrogen) atoms. The maximum absolute atomic E-state index is 13.1. The van der Waals surface area contributed by atoms with Gasteiger partial charge in [0.15, 0.2) is 22.1 Å². The van der Waals surface area contributed by atoms with Gasteiger partial charge in [0.2, 0.25) is 0 Å². The zero-order valence-corrected chi connectivity index (χ0v) is 16.6. The zero-order chi connectivity index (χ0) is 20.2. The molecule has 2 heterocycles. The van der Waals surface area contributed by atoms with Gasteiger partial charge in [-0.2, -0.15) is 0 Å². The van der Waals surface area contributed by atoms with E-state index in [0.29, 0.717) is 35.4 Å². The molecule has 4 rings (SSSR count). The summed E-state index contributed by atoms with van der Waals surface area (Å²) in [7, 11) is 1.46. The van der Waals surface area contributed by atoms with Crippen LogP contribution in [-0.2, 0) is 4.79 Å². The molecule has 146 valence electrons. The molecule has 0 unspecified atom stereocenters. The highest BCUT2D eigenvalue weighted by Crippen LogP contribution is 2.48. The van der Waals surface area contributed by atoms with Crippen molar-refractivity contribution in [1.29, 1.82) is 0 Å². The Kier molecular flexibility index (Phi) is 4.19. The fourth-order valence-electron chi connectivity index (χ4n) is 4.15. The average molecular weight is 399 g/mol. The monoisotopic (exact) mass is 399 g/mol. The van der Waals surface area contributed by atoms with Crippen molar-refractivity contribution >= 4 is 23.8 Å². The summed E-state index contributed by atoms with van der Waals surface area (Å²) in [6.07, 6.45) is 1.07. The van der Waals surface area contributed by atoms with E-state index in [1.54, 1.807) is 12.1 Å². The number of hydrogen-bond donors (Lipinski definition) is 4. The number of fused-ring (bicyclic) bond motifs is 1. The Morgan fingerprint density at radius 1 is 1.21 bits per heavy atom. The number of H-pyrrole nitrogens is 2. The van der Waals surface area contributed by atoms with Crippen molar-refractivity contribution < 1.29 is 14.6 Å².